The van der Waals surface area contributed by atoms with Gasteiger partial charge in [-0.1, -0.05) is 134 Å². The highest BCUT2D eigenvalue weighted by Crippen LogP contribution is 2.13. The Bertz CT molecular complexity index is 637. The van der Waals surface area contributed by atoms with Crippen molar-refractivity contribution in [2.75, 3.05) is 13.2 Å². The summed E-state index contributed by atoms with van der Waals surface area (Å²) in [4.78, 5) is 0. The molecule has 0 spiro atoms. The maximum Gasteiger partial charge on any atom is 0.168 e. The molecule has 1 aromatic heterocycles. The van der Waals surface area contributed by atoms with E-state index in [-0.39, 0.29) is 12.6 Å². The topological polar surface area (TPSA) is 56.4 Å². The van der Waals surface area contributed by atoms with E-state index in [4.69, 9.17) is 0 Å². The predicted octanol–water partition coefficient (Wildman–Crippen LogP) is 8.44. The van der Waals surface area contributed by atoms with Crippen molar-refractivity contribution in [3.05, 3.63) is 42.7 Å². The van der Waals surface area contributed by atoms with Crippen LogP contribution in [0.1, 0.15) is 148 Å². The second-order valence-corrected chi connectivity index (χ2v) is 11.6. The van der Waals surface area contributed by atoms with Crippen molar-refractivity contribution in [2.24, 2.45) is 0 Å². The fraction of sp³-hybridized carbons (Fsp3) is 0.800. The Kier molecular flexibility index (Phi) is 26.0. The van der Waals surface area contributed by atoms with Crippen molar-refractivity contribution in [2.45, 2.75) is 167 Å². The first kappa shape index (κ1) is 35.8. The molecule has 0 saturated carbocycles. The maximum absolute atomic E-state index is 10.4. The second-order valence-electron chi connectivity index (χ2n) is 11.6. The van der Waals surface area contributed by atoms with Crippen LogP contribution in [0.25, 0.3) is 0 Å². The summed E-state index contributed by atoms with van der Waals surface area (Å²) in [7, 11) is 0. The van der Waals surface area contributed by atoms with Crippen molar-refractivity contribution in [3.8, 4) is 0 Å². The molecule has 39 heavy (non-hydrogen) atoms. The van der Waals surface area contributed by atoms with E-state index in [1.807, 2.05) is 6.08 Å². The average Bonchev–Trinajstić information content (AvgIpc) is 2.96. The van der Waals surface area contributed by atoms with Crippen LogP contribution >= 0.6 is 0 Å². The number of nitrogens with one attached hydrogen (secondary N) is 1. The van der Waals surface area contributed by atoms with Crippen molar-refractivity contribution in [1.29, 1.82) is 0 Å². The molecule has 1 heterocycles. The van der Waals surface area contributed by atoms with E-state index < -0.39 is 6.10 Å². The summed E-state index contributed by atoms with van der Waals surface area (Å²) in [5, 5.41) is 23.4. The van der Waals surface area contributed by atoms with E-state index in [0.717, 1.165) is 25.9 Å². The lowest BCUT2D eigenvalue weighted by atomic mass is 10.0. The Labute approximate surface area is 242 Å². The van der Waals surface area contributed by atoms with E-state index in [1.54, 1.807) is 0 Å². The Morgan fingerprint density at radius 3 is 1.67 bits per heavy atom. The molecule has 0 saturated heterocycles. The zero-order valence-electron chi connectivity index (χ0n) is 25.7. The van der Waals surface area contributed by atoms with Gasteiger partial charge in [0.2, 0.25) is 0 Å². The van der Waals surface area contributed by atoms with Crippen molar-refractivity contribution in [3.63, 3.8) is 0 Å². The molecule has 3 N–H and O–H groups in total. The number of nitrogens with zero attached hydrogens (tertiary/aromatic N) is 1. The molecule has 1 rings (SSSR count). The first-order chi connectivity index (χ1) is 19.3. The fourth-order valence-corrected chi connectivity index (χ4v) is 5.29. The Balaban J connectivity index is 1.86. The summed E-state index contributed by atoms with van der Waals surface area (Å²) in [5.41, 5.74) is 0. The van der Waals surface area contributed by atoms with Gasteiger partial charge in [0.05, 0.1) is 18.8 Å². The maximum atomic E-state index is 10.4. The van der Waals surface area contributed by atoms with Gasteiger partial charge in [-0.2, -0.15) is 0 Å². The molecule has 0 radical (unpaired) electrons. The molecule has 0 aromatic carbocycles. The van der Waals surface area contributed by atoms with Crippen LogP contribution in [0.3, 0.4) is 0 Å². The summed E-state index contributed by atoms with van der Waals surface area (Å²) < 4.78 is 2.27. The lowest BCUT2D eigenvalue weighted by molar-refractivity contribution is -0.697. The Morgan fingerprint density at radius 1 is 0.641 bits per heavy atom. The van der Waals surface area contributed by atoms with E-state index in [9.17, 15) is 10.2 Å². The zero-order valence-corrected chi connectivity index (χ0v) is 25.7. The number of aliphatic hydroxyl groups is 2. The van der Waals surface area contributed by atoms with Crippen molar-refractivity contribution in [1.82, 2.24) is 5.32 Å². The third-order valence-electron chi connectivity index (χ3n) is 7.94. The van der Waals surface area contributed by atoms with Gasteiger partial charge in [-0.25, -0.2) is 4.57 Å². The monoisotopic (exact) mass is 546 g/mol. The van der Waals surface area contributed by atoms with E-state index in [1.165, 1.54) is 128 Å². The van der Waals surface area contributed by atoms with Gasteiger partial charge in [0, 0.05) is 18.6 Å². The number of aromatic nitrogens is 1. The summed E-state index contributed by atoms with van der Waals surface area (Å²) in [6, 6.07) is 6.02. The number of unbranched alkanes of at least 4 members (excludes halogenated alkanes) is 20. The molecular weight excluding hydrogens is 480 g/mol. The Morgan fingerprint density at radius 2 is 1.13 bits per heavy atom. The Hall–Kier alpha value is -1.23. The minimum atomic E-state index is -0.603. The van der Waals surface area contributed by atoms with Gasteiger partial charge in [0.15, 0.2) is 12.4 Å². The number of hydrogen-bond donors (Lipinski definition) is 3. The van der Waals surface area contributed by atoms with E-state index >= 15 is 0 Å². The molecule has 0 aliphatic heterocycles. The first-order valence-electron chi connectivity index (χ1n) is 16.9. The largest absolute Gasteiger partial charge is 0.395 e. The number of allylic oxidation sites excluding steroid dienone is 1. The van der Waals surface area contributed by atoms with Crippen LogP contribution in [0, 0.1) is 0 Å². The van der Waals surface area contributed by atoms with Crippen LogP contribution in [0.2, 0.25) is 0 Å². The van der Waals surface area contributed by atoms with E-state index in [0.29, 0.717) is 0 Å². The van der Waals surface area contributed by atoms with Crippen LogP contribution in [-0.2, 0) is 6.54 Å². The minimum absolute atomic E-state index is 0.0199. The van der Waals surface area contributed by atoms with Crippen LogP contribution < -0.4 is 9.88 Å². The van der Waals surface area contributed by atoms with Crippen molar-refractivity contribution >= 4 is 0 Å². The van der Waals surface area contributed by atoms with Crippen LogP contribution in [0.4, 0.5) is 0 Å². The van der Waals surface area contributed by atoms with E-state index in [2.05, 4.69) is 53.5 Å². The highest BCUT2D eigenvalue weighted by atomic mass is 16.3. The van der Waals surface area contributed by atoms with Gasteiger partial charge < -0.3 is 15.5 Å². The molecule has 0 amide bonds. The minimum Gasteiger partial charge on any atom is -0.395 e. The first-order valence-corrected chi connectivity index (χ1v) is 16.9. The quantitative estimate of drug-likeness (QED) is 0.0538. The van der Waals surface area contributed by atoms with Gasteiger partial charge in [0.25, 0.3) is 0 Å². The van der Waals surface area contributed by atoms with Gasteiger partial charge >= 0.3 is 0 Å². The third kappa shape index (κ3) is 23.2. The number of aryl methyl sites for hydroxylation is 1. The van der Waals surface area contributed by atoms with Crippen LogP contribution in [-0.4, -0.2) is 35.5 Å². The summed E-state index contributed by atoms with van der Waals surface area (Å²) in [6.45, 7) is 4.26. The summed E-state index contributed by atoms with van der Waals surface area (Å²) in [6.07, 6.45) is 36.7. The van der Waals surface area contributed by atoms with Crippen molar-refractivity contribution < 1.29 is 14.8 Å². The molecule has 4 nitrogen and oxygen atoms in total. The molecule has 0 aliphatic carbocycles. The average molecular weight is 546 g/mol. The van der Waals surface area contributed by atoms with Crippen LogP contribution in [0.5, 0.6) is 0 Å². The molecule has 0 fully saturated rings. The second kappa shape index (κ2) is 28.3. The zero-order chi connectivity index (χ0) is 28.1. The van der Waals surface area contributed by atoms with Gasteiger partial charge in [-0.3, -0.25) is 0 Å². The van der Waals surface area contributed by atoms with Gasteiger partial charge in [0.1, 0.15) is 6.54 Å². The summed E-state index contributed by atoms with van der Waals surface area (Å²) in [5.74, 6) is 0. The summed E-state index contributed by atoms with van der Waals surface area (Å²) >= 11 is 0. The number of pyridine rings is 1. The molecule has 226 valence electrons. The highest BCUT2D eigenvalue weighted by Gasteiger charge is 2.14. The van der Waals surface area contributed by atoms with Gasteiger partial charge in [-0.15, -0.1) is 0 Å². The predicted molar refractivity (Wildman–Crippen MR) is 168 cm³/mol. The number of aliphatic hydroxyl groups excluding tert-OH is 2. The molecule has 2 atom stereocenters. The standard InChI is InChI=1S/C35H65N2O2/c1-2-3-4-5-6-7-8-9-10-13-16-19-23-28-35(39)34(33-38)36-29-24-20-17-14-11-12-15-18-21-25-30-37-31-26-22-27-32-37/h22-23,26-28,31-32,34-36,38-39H,2-21,24-25,29-30,33H2,1H3/q+1/b28-23+/t34-,35-/m0/s1. The van der Waals surface area contributed by atoms with Gasteiger partial charge in [-0.05, 0) is 32.2 Å². The van der Waals surface area contributed by atoms with Crippen LogP contribution in [0.15, 0.2) is 42.7 Å². The smallest absolute Gasteiger partial charge is 0.168 e. The molecule has 0 bridgehead atoms. The molecule has 0 unspecified atom stereocenters. The lowest BCUT2D eigenvalue weighted by Gasteiger charge is -2.19. The number of rotatable bonds is 29. The third-order valence-corrected chi connectivity index (χ3v) is 7.94. The number of hydrogen-bond acceptors (Lipinski definition) is 3. The molecule has 1 aromatic rings. The molecular formula is C35H65N2O2+. The fourth-order valence-electron chi connectivity index (χ4n) is 5.29. The normalized spacial score (nSPS) is 13.3. The lowest BCUT2D eigenvalue weighted by Crippen LogP contribution is -2.42. The SMILES string of the molecule is CCCCCCCCCCCCC/C=C/[C@H](O)[C@H](CO)NCCCCCCCCCCCC[n+]1ccccc1. The molecule has 4 heteroatoms. The highest BCUT2D eigenvalue weighted by molar-refractivity contribution is 4.94. The molecule has 0 aliphatic rings.